The Kier molecular flexibility index (Phi) is 3.46. The molecule has 1 heterocycles. The molecule has 2 rings (SSSR count). The molecule has 16 heavy (non-hydrogen) atoms. The number of phenolic OH excluding ortho intramolecular Hbond substituents is 1. The van der Waals surface area contributed by atoms with E-state index in [0.717, 1.165) is 25.1 Å². The van der Waals surface area contributed by atoms with Gasteiger partial charge in [-0.05, 0) is 18.1 Å². The highest BCUT2D eigenvalue weighted by molar-refractivity contribution is 5.41. The van der Waals surface area contributed by atoms with E-state index in [1.165, 1.54) is 5.56 Å². The minimum atomic E-state index is 0.417. The van der Waals surface area contributed by atoms with Gasteiger partial charge in [-0.2, -0.15) is 0 Å². The molecular weight excluding hydrogens is 200 g/mol. The second-order valence-electron chi connectivity index (χ2n) is 4.76. The van der Waals surface area contributed by atoms with E-state index in [2.05, 4.69) is 30.5 Å². The molecule has 0 amide bonds. The number of hydrogen-bond acceptors (Lipinski definition) is 3. The van der Waals surface area contributed by atoms with Gasteiger partial charge in [0.05, 0.1) is 0 Å². The Morgan fingerprint density at radius 3 is 3.06 bits per heavy atom. The van der Waals surface area contributed by atoms with Crippen molar-refractivity contribution in [2.24, 2.45) is 0 Å². The fourth-order valence-corrected chi connectivity index (χ4v) is 2.12. The van der Waals surface area contributed by atoms with Crippen LogP contribution in [0.5, 0.6) is 5.75 Å². The van der Waals surface area contributed by atoms with Gasteiger partial charge in [0.1, 0.15) is 5.75 Å². The van der Waals surface area contributed by atoms with Crippen LogP contribution in [0.25, 0.3) is 0 Å². The molecule has 1 aliphatic heterocycles. The molecule has 0 aliphatic carbocycles. The summed E-state index contributed by atoms with van der Waals surface area (Å²) < 4.78 is 0. The lowest BCUT2D eigenvalue weighted by atomic mass is 9.95. The maximum absolute atomic E-state index is 9.71. The SMILES string of the molecule is CC(C)NCC1Cc2cccc(O)c2CN1. The summed E-state index contributed by atoms with van der Waals surface area (Å²) in [7, 11) is 0. The zero-order valence-electron chi connectivity index (χ0n) is 9.96. The van der Waals surface area contributed by atoms with Crippen molar-refractivity contribution < 1.29 is 5.11 Å². The first kappa shape index (κ1) is 11.4. The predicted octanol–water partition coefficient (Wildman–Crippen LogP) is 1.40. The maximum Gasteiger partial charge on any atom is 0.120 e. The van der Waals surface area contributed by atoms with E-state index in [-0.39, 0.29) is 0 Å². The summed E-state index contributed by atoms with van der Waals surface area (Å²) in [5.74, 6) is 0.417. The van der Waals surface area contributed by atoms with Crippen molar-refractivity contribution in [3.63, 3.8) is 0 Å². The van der Waals surface area contributed by atoms with E-state index in [0.29, 0.717) is 17.8 Å². The molecule has 1 aromatic carbocycles. The van der Waals surface area contributed by atoms with Crippen molar-refractivity contribution in [2.75, 3.05) is 6.54 Å². The topological polar surface area (TPSA) is 44.3 Å². The van der Waals surface area contributed by atoms with Gasteiger partial charge in [0.2, 0.25) is 0 Å². The first-order valence-corrected chi connectivity index (χ1v) is 5.93. The number of hydrogen-bond donors (Lipinski definition) is 3. The van der Waals surface area contributed by atoms with Crippen LogP contribution in [-0.4, -0.2) is 23.7 Å². The van der Waals surface area contributed by atoms with Crippen molar-refractivity contribution in [2.45, 2.75) is 38.9 Å². The van der Waals surface area contributed by atoms with Gasteiger partial charge in [0.15, 0.2) is 0 Å². The molecule has 0 spiro atoms. The predicted molar refractivity (Wildman–Crippen MR) is 65.6 cm³/mol. The van der Waals surface area contributed by atoms with Gasteiger partial charge in [-0.25, -0.2) is 0 Å². The molecule has 0 bridgehead atoms. The molecule has 0 radical (unpaired) electrons. The van der Waals surface area contributed by atoms with Gasteiger partial charge in [0.25, 0.3) is 0 Å². The molecule has 0 saturated carbocycles. The molecule has 1 unspecified atom stereocenters. The van der Waals surface area contributed by atoms with Crippen LogP contribution in [0.15, 0.2) is 18.2 Å². The van der Waals surface area contributed by atoms with Crippen LogP contribution in [0.4, 0.5) is 0 Å². The van der Waals surface area contributed by atoms with Gasteiger partial charge in [-0.1, -0.05) is 26.0 Å². The number of nitrogens with one attached hydrogen (secondary N) is 2. The second-order valence-corrected chi connectivity index (χ2v) is 4.76. The largest absolute Gasteiger partial charge is 0.508 e. The summed E-state index contributed by atoms with van der Waals surface area (Å²) in [5.41, 5.74) is 2.33. The average Bonchev–Trinajstić information content (AvgIpc) is 2.26. The first-order valence-electron chi connectivity index (χ1n) is 5.93. The Bertz CT molecular complexity index is 363. The van der Waals surface area contributed by atoms with E-state index in [1.807, 2.05) is 6.07 Å². The normalized spacial score (nSPS) is 19.8. The molecule has 1 atom stereocenters. The number of fused-ring (bicyclic) bond motifs is 1. The fraction of sp³-hybridized carbons (Fsp3) is 0.538. The lowest BCUT2D eigenvalue weighted by Gasteiger charge is -2.27. The molecule has 0 saturated heterocycles. The first-order chi connectivity index (χ1) is 7.66. The van der Waals surface area contributed by atoms with Gasteiger partial charge in [-0.3, -0.25) is 0 Å². The molecule has 0 aromatic heterocycles. The smallest absolute Gasteiger partial charge is 0.120 e. The van der Waals surface area contributed by atoms with Crippen molar-refractivity contribution >= 4 is 0 Å². The highest BCUT2D eigenvalue weighted by atomic mass is 16.3. The minimum Gasteiger partial charge on any atom is -0.508 e. The molecule has 1 aliphatic rings. The Labute approximate surface area is 96.9 Å². The molecule has 3 nitrogen and oxygen atoms in total. The molecule has 88 valence electrons. The third kappa shape index (κ3) is 2.54. The van der Waals surface area contributed by atoms with Crippen molar-refractivity contribution in [1.82, 2.24) is 10.6 Å². The molecule has 1 aromatic rings. The molecule has 3 N–H and O–H groups in total. The summed E-state index contributed by atoms with van der Waals surface area (Å²) in [4.78, 5) is 0. The third-order valence-electron chi connectivity index (χ3n) is 3.05. The van der Waals surface area contributed by atoms with Gasteiger partial charge < -0.3 is 15.7 Å². The Balaban J connectivity index is 2.01. The van der Waals surface area contributed by atoms with Crippen LogP contribution in [0.3, 0.4) is 0 Å². The number of benzene rings is 1. The van der Waals surface area contributed by atoms with Crippen LogP contribution in [-0.2, 0) is 13.0 Å². The highest BCUT2D eigenvalue weighted by Crippen LogP contribution is 2.24. The van der Waals surface area contributed by atoms with Gasteiger partial charge in [-0.15, -0.1) is 0 Å². The summed E-state index contributed by atoms with van der Waals surface area (Å²) >= 11 is 0. The third-order valence-corrected chi connectivity index (χ3v) is 3.05. The van der Waals surface area contributed by atoms with Gasteiger partial charge >= 0.3 is 0 Å². The monoisotopic (exact) mass is 220 g/mol. The number of phenols is 1. The van der Waals surface area contributed by atoms with Crippen molar-refractivity contribution in [1.29, 1.82) is 0 Å². The highest BCUT2D eigenvalue weighted by Gasteiger charge is 2.19. The van der Waals surface area contributed by atoms with E-state index in [1.54, 1.807) is 6.07 Å². The fourth-order valence-electron chi connectivity index (χ4n) is 2.12. The van der Waals surface area contributed by atoms with E-state index in [4.69, 9.17) is 0 Å². The number of rotatable bonds is 3. The standard InChI is InChI=1S/C13H20N2O/c1-9(2)14-7-11-6-10-4-3-5-13(16)12(10)8-15-11/h3-5,9,11,14-16H,6-8H2,1-2H3. The summed E-state index contributed by atoms with van der Waals surface area (Å²) in [6, 6.07) is 6.78. The Hall–Kier alpha value is -1.06. The van der Waals surface area contributed by atoms with Crippen molar-refractivity contribution in [3.8, 4) is 5.75 Å². The Morgan fingerprint density at radius 1 is 1.50 bits per heavy atom. The number of aromatic hydroxyl groups is 1. The van der Waals surface area contributed by atoms with Crippen LogP contribution in [0, 0.1) is 0 Å². The quantitative estimate of drug-likeness (QED) is 0.721. The van der Waals surface area contributed by atoms with E-state index >= 15 is 0 Å². The van der Waals surface area contributed by atoms with Crippen LogP contribution >= 0.6 is 0 Å². The molecular formula is C13H20N2O. The van der Waals surface area contributed by atoms with Crippen LogP contribution < -0.4 is 10.6 Å². The molecule has 0 fully saturated rings. The van der Waals surface area contributed by atoms with E-state index in [9.17, 15) is 5.11 Å². The van der Waals surface area contributed by atoms with Gasteiger partial charge in [0, 0.05) is 30.7 Å². The lowest BCUT2D eigenvalue weighted by molar-refractivity contribution is 0.411. The molecule has 3 heteroatoms. The lowest BCUT2D eigenvalue weighted by Crippen LogP contribution is -2.44. The second kappa shape index (κ2) is 4.85. The Morgan fingerprint density at radius 2 is 2.31 bits per heavy atom. The zero-order valence-corrected chi connectivity index (χ0v) is 9.96. The van der Waals surface area contributed by atoms with E-state index < -0.39 is 0 Å². The maximum atomic E-state index is 9.71. The van der Waals surface area contributed by atoms with Crippen LogP contribution in [0.1, 0.15) is 25.0 Å². The summed E-state index contributed by atoms with van der Waals surface area (Å²) in [6.07, 6.45) is 0.990. The summed E-state index contributed by atoms with van der Waals surface area (Å²) in [5, 5.41) is 16.6. The van der Waals surface area contributed by atoms with Crippen molar-refractivity contribution in [3.05, 3.63) is 29.3 Å². The minimum absolute atomic E-state index is 0.417. The zero-order chi connectivity index (χ0) is 11.5. The van der Waals surface area contributed by atoms with Crippen LogP contribution in [0.2, 0.25) is 0 Å². The average molecular weight is 220 g/mol. The summed E-state index contributed by atoms with van der Waals surface area (Å²) in [6.45, 7) is 6.06.